The van der Waals surface area contributed by atoms with Crippen LogP contribution in [0.3, 0.4) is 0 Å². The number of nitrogens with one attached hydrogen (secondary N) is 1. The Hall–Kier alpha value is -1.59. The van der Waals surface area contributed by atoms with E-state index in [0.29, 0.717) is 18.9 Å². The maximum Gasteiger partial charge on any atom is 0.193 e. The molecule has 1 aromatic rings. The van der Waals surface area contributed by atoms with E-state index >= 15 is 0 Å². The Morgan fingerprint density at radius 1 is 1.55 bits per heavy atom. The first-order valence-corrected chi connectivity index (χ1v) is 6.99. The van der Waals surface area contributed by atoms with Crippen molar-refractivity contribution in [2.75, 3.05) is 27.3 Å². The van der Waals surface area contributed by atoms with E-state index in [2.05, 4.69) is 29.3 Å². The minimum absolute atomic E-state index is 0.312. The van der Waals surface area contributed by atoms with Gasteiger partial charge in [-0.25, -0.2) is 0 Å². The van der Waals surface area contributed by atoms with Crippen LogP contribution >= 0.6 is 0 Å². The molecule has 1 N–H and O–H groups in total. The summed E-state index contributed by atoms with van der Waals surface area (Å²) in [5.41, 5.74) is 2.30. The van der Waals surface area contributed by atoms with E-state index in [0.717, 1.165) is 18.2 Å². The number of guanidine groups is 1. The summed E-state index contributed by atoms with van der Waals surface area (Å²) in [7, 11) is 5.65. The Morgan fingerprint density at radius 2 is 2.25 bits per heavy atom. The fourth-order valence-corrected chi connectivity index (χ4v) is 2.14. The Balaban J connectivity index is 2.71. The van der Waals surface area contributed by atoms with Gasteiger partial charge in [-0.2, -0.15) is 5.10 Å². The molecular formula is C14H26FN5. The molecule has 1 aromatic heterocycles. The predicted octanol–water partition coefficient (Wildman–Crippen LogP) is 1.91. The molecule has 0 bridgehead atoms. The Bertz CT molecular complexity index is 439. The topological polar surface area (TPSA) is 45.5 Å². The van der Waals surface area contributed by atoms with Crippen LogP contribution in [0.4, 0.5) is 4.39 Å². The minimum atomic E-state index is -0.312. The van der Waals surface area contributed by atoms with Gasteiger partial charge in [0.1, 0.15) is 0 Å². The van der Waals surface area contributed by atoms with Crippen LogP contribution in [0.2, 0.25) is 0 Å². The SMILES string of the molecule is CN=C(NCCCF)N(C)Cc1cn(C)nc1C(C)C. The molecule has 0 aliphatic carbocycles. The first-order chi connectivity index (χ1) is 9.49. The third kappa shape index (κ3) is 4.51. The summed E-state index contributed by atoms with van der Waals surface area (Å²) in [4.78, 5) is 6.25. The average molecular weight is 283 g/mol. The molecule has 0 spiro atoms. The fraction of sp³-hybridized carbons (Fsp3) is 0.714. The van der Waals surface area contributed by atoms with Crippen molar-refractivity contribution < 1.29 is 4.39 Å². The van der Waals surface area contributed by atoms with Crippen LogP contribution in [0.1, 0.15) is 37.4 Å². The second kappa shape index (κ2) is 7.87. The summed E-state index contributed by atoms with van der Waals surface area (Å²) in [6.07, 6.45) is 2.54. The summed E-state index contributed by atoms with van der Waals surface area (Å²) >= 11 is 0. The van der Waals surface area contributed by atoms with E-state index in [4.69, 9.17) is 0 Å². The monoisotopic (exact) mass is 283 g/mol. The van der Waals surface area contributed by atoms with Crippen LogP contribution < -0.4 is 5.32 Å². The Labute approximate surface area is 120 Å². The average Bonchev–Trinajstić information content (AvgIpc) is 2.75. The largest absolute Gasteiger partial charge is 0.356 e. The van der Waals surface area contributed by atoms with Crippen molar-refractivity contribution >= 4 is 5.96 Å². The number of hydrogen-bond acceptors (Lipinski definition) is 2. The first kappa shape index (κ1) is 16.5. The third-order valence-electron chi connectivity index (χ3n) is 3.06. The number of aliphatic imine (C=N–C) groups is 1. The van der Waals surface area contributed by atoms with Crippen LogP contribution in [0.15, 0.2) is 11.2 Å². The van der Waals surface area contributed by atoms with E-state index in [1.54, 1.807) is 7.05 Å². The summed E-state index contributed by atoms with van der Waals surface area (Å²) in [5, 5.41) is 7.66. The smallest absolute Gasteiger partial charge is 0.193 e. The van der Waals surface area contributed by atoms with Gasteiger partial charge >= 0.3 is 0 Å². The maximum absolute atomic E-state index is 12.1. The van der Waals surface area contributed by atoms with Crippen molar-refractivity contribution in [2.24, 2.45) is 12.0 Å². The normalized spacial score (nSPS) is 12.1. The molecule has 1 heterocycles. The first-order valence-electron chi connectivity index (χ1n) is 6.99. The zero-order valence-corrected chi connectivity index (χ0v) is 13.1. The van der Waals surface area contributed by atoms with E-state index in [1.807, 2.05) is 29.9 Å². The summed E-state index contributed by atoms with van der Waals surface area (Å²) in [6.45, 7) is 5.29. The molecule has 20 heavy (non-hydrogen) atoms. The van der Waals surface area contributed by atoms with Gasteiger partial charge in [-0.15, -0.1) is 0 Å². The van der Waals surface area contributed by atoms with Gasteiger partial charge in [0.25, 0.3) is 0 Å². The highest BCUT2D eigenvalue weighted by molar-refractivity contribution is 5.79. The second-order valence-electron chi connectivity index (χ2n) is 5.24. The number of aryl methyl sites for hydroxylation is 1. The number of nitrogens with zero attached hydrogens (tertiary/aromatic N) is 4. The van der Waals surface area contributed by atoms with Gasteiger partial charge in [-0.3, -0.25) is 14.1 Å². The molecular weight excluding hydrogens is 257 g/mol. The summed E-state index contributed by atoms with van der Waals surface area (Å²) in [6, 6.07) is 0. The number of rotatable bonds is 6. The van der Waals surface area contributed by atoms with Crippen LogP contribution in [-0.4, -0.2) is 48.0 Å². The lowest BCUT2D eigenvalue weighted by molar-refractivity contribution is 0.449. The van der Waals surface area contributed by atoms with Gasteiger partial charge in [-0.05, 0) is 12.3 Å². The van der Waals surface area contributed by atoms with Crippen molar-refractivity contribution in [2.45, 2.75) is 32.7 Å². The van der Waals surface area contributed by atoms with Gasteiger partial charge in [0.15, 0.2) is 5.96 Å². The van der Waals surface area contributed by atoms with Gasteiger partial charge in [0.05, 0.1) is 12.4 Å². The lowest BCUT2D eigenvalue weighted by Gasteiger charge is -2.22. The molecule has 0 aliphatic heterocycles. The minimum Gasteiger partial charge on any atom is -0.356 e. The molecule has 6 heteroatoms. The third-order valence-corrected chi connectivity index (χ3v) is 3.06. The molecule has 0 atom stereocenters. The van der Waals surface area contributed by atoms with E-state index in [9.17, 15) is 4.39 Å². The van der Waals surface area contributed by atoms with Gasteiger partial charge in [-0.1, -0.05) is 13.8 Å². The second-order valence-corrected chi connectivity index (χ2v) is 5.24. The molecule has 0 amide bonds. The number of hydrogen-bond donors (Lipinski definition) is 1. The van der Waals surface area contributed by atoms with Gasteiger partial charge in [0.2, 0.25) is 0 Å². The Morgan fingerprint density at radius 3 is 2.80 bits per heavy atom. The number of halogens is 1. The summed E-state index contributed by atoms with van der Waals surface area (Å²) < 4.78 is 14.0. The molecule has 0 aliphatic rings. The van der Waals surface area contributed by atoms with Gasteiger partial charge in [0, 0.05) is 46.0 Å². The molecule has 5 nitrogen and oxygen atoms in total. The summed E-state index contributed by atoms with van der Waals surface area (Å²) in [5.74, 6) is 1.16. The molecule has 1 rings (SSSR count). The molecule has 0 saturated heterocycles. The molecule has 0 aromatic carbocycles. The molecule has 0 fully saturated rings. The zero-order valence-electron chi connectivity index (χ0n) is 13.1. The van der Waals surface area contributed by atoms with Crippen molar-refractivity contribution in [1.82, 2.24) is 20.0 Å². The molecule has 0 saturated carbocycles. The van der Waals surface area contributed by atoms with Crippen LogP contribution in [0.25, 0.3) is 0 Å². The maximum atomic E-state index is 12.1. The van der Waals surface area contributed by atoms with Crippen LogP contribution in [-0.2, 0) is 13.6 Å². The highest BCUT2D eigenvalue weighted by Gasteiger charge is 2.14. The lowest BCUT2D eigenvalue weighted by atomic mass is 10.1. The Kier molecular flexibility index (Phi) is 6.48. The van der Waals surface area contributed by atoms with E-state index in [1.165, 1.54) is 5.56 Å². The highest BCUT2D eigenvalue weighted by Crippen LogP contribution is 2.18. The predicted molar refractivity (Wildman–Crippen MR) is 80.7 cm³/mol. The molecule has 0 unspecified atom stereocenters. The van der Waals surface area contributed by atoms with Crippen molar-refractivity contribution in [3.8, 4) is 0 Å². The fourth-order valence-electron chi connectivity index (χ4n) is 2.14. The zero-order chi connectivity index (χ0) is 15.1. The molecule has 0 radical (unpaired) electrons. The van der Waals surface area contributed by atoms with Gasteiger partial charge < -0.3 is 10.2 Å². The number of aromatic nitrogens is 2. The number of alkyl halides is 1. The van der Waals surface area contributed by atoms with Crippen molar-refractivity contribution in [3.63, 3.8) is 0 Å². The standard InChI is InChI=1S/C14H26FN5/c1-11(2)13-12(10-20(5)18-13)9-19(4)14(16-3)17-8-6-7-15/h10-11H,6-9H2,1-5H3,(H,16,17). The van der Waals surface area contributed by atoms with Crippen LogP contribution in [0.5, 0.6) is 0 Å². The highest BCUT2D eigenvalue weighted by atomic mass is 19.1. The molecule has 114 valence electrons. The van der Waals surface area contributed by atoms with E-state index < -0.39 is 0 Å². The van der Waals surface area contributed by atoms with Crippen LogP contribution in [0, 0.1) is 0 Å². The van der Waals surface area contributed by atoms with Crippen molar-refractivity contribution in [3.05, 3.63) is 17.5 Å². The van der Waals surface area contributed by atoms with Crippen molar-refractivity contribution in [1.29, 1.82) is 0 Å². The lowest BCUT2D eigenvalue weighted by Crippen LogP contribution is -2.39. The van der Waals surface area contributed by atoms with E-state index in [-0.39, 0.29) is 6.67 Å². The quantitative estimate of drug-likeness (QED) is 0.493.